The third-order valence-electron chi connectivity index (χ3n) is 3.70. The Morgan fingerprint density at radius 3 is 2.56 bits per heavy atom. The average Bonchev–Trinajstić information content (AvgIpc) is 2.88. The number of nitrogens with zero attached hydrogens (tertiary/aromatic N) is 3. The van der Waals surface area contributed by atoms with Crippen molar-refractivity contribution in [3.8, 4) is 0 Å². The number of thiocarbonyl (C=S) groups is 1. The van der Waals surface area contributed by atoms with Gasteiger partial charge in [0.05, 0.1) is 5.75 Å². The molecule has 0 saturated carbocycles. The summed E-state index contributed by atoms with van der Waals surface area (Å²) >= 11 is 10.5. The Labute approximate surface area is 166 Å². The predicted molar refractivity (Wildman–Crippen MR) is 115 cm³/mol. The summed E-state index contributed by atoms with van der Waals surface area (Å²) in [4.78, 5) is 15.1. The van der Waals surface area contributed by atoms with Crippen molar-refractivity contribution in [3.05, 3.63) is 46.6 Å². The molecule has 0 fully saturated rings. The lowest BCUT2D eigenvalue weighted by Gasteiger charge is -2.13. The second-order valence-corrected chi connectivity index (χ2v) is 9.65. The molecule has 0 aliphatic carbocycles. The van der Waals surface area contributed by atoms with Gasteiger partial charge in [0, 0.05) is 29.3 Å². The van der Waals surface area contributed by atoms with Crippen LogP contribution in [0.1, 0.15) is 16.3 Å². The molecule has 25 heavy (non-hydrogen) atoms. The molecule has 2 aromatic heterocycles. The smallest absolute Gasteiger partial charge is 0.142 e. The number of hydrogen-bond acceptors (Lipinski definition) is 6. The second-order valence-electron chi connectivity index (χ2n) is 5.77. The molecule has 0 amide bonds. The summed E-state index contributed by atoms with van der Waals surface area (Å²) in [6.45, 7) is 4.28. The van der Waals surface area contributed by atoms with Crippen molar-refractivity contribution in [2.75, 3.05) is 14.1 Å². The molecular weight excluding hydrogens is 386 g/mol. The van der Waals surface area contributed by atoms with Gasteiger partial charge in [-0.05, 0) is 43.3 Å². The van der Waals surface area contributed by atoms with Crippen molar-refractivity contribution in [2.24, 2.45) is 0 Å². The highest BCUT2D eigenvalue weighted by Gasteiger charge is 2.17. The third-order valence-corrected chi connectivity index (χ3v) is 7.45. The lowest BCUT2D eigenvalue weighted by Crippen LogP contribution is -2.16. The third kappa shape index (κ3) is 4.34. The summed E-state index contributed by atoms with van der Waals surface area (Å²) in [5.41, 5.74) is 1.26. The van der Waals surface area contributed by atoms with Crippen LogP contribution in [0.4, 0.5) is 0 Å². The van der Waals surface area contributed by atoms with Gasteiger partial charge in [-0.2, -0.15) is 0 Å². The second kappa shape index (κ2) is 8.03. The molecule has 2 heterocycles. The minimum Gasteiger partial charge on any atom is -0.363 e. The Kier molecular flexibility index (Phi) is 5.99. The van der Waals surface area contributed by atoms with Gasteiger partial charge >= 0.3 is 0 Å². The minimum atomic E-state index is 0.748. The van der Waals surface area contributed by atoms with E-state index in [4.69, 9.17) is 22.2 Å². The van der Waals surface area contributed by atoms with Crippen molar-refractivity contribution in [3.63, 3.8) is 0 Å². The lowest BCUT2D eigenvalue weighted by molar-refractivity contribution is 0.648. The zero-order chi connectivity index (χ0) is 18.0. The number of aryl methyl sites for hydroxylation is 2. The molecule has 3 rings (SSSR count). The fraction of sp³-hybridized carbons (Fsp3) is 0.278. The number of fused-ring (bicyclic) bond motifs is 1. The number of thiophene rings is 1. The van der Waals surface area contributed by atoms with E-state index >= 15 is 0 Å². The Hall–Kier alpha value is -1.15. The molecule has 7 heteroatoms. The first-order valence-corrected chi connectivity index (χ1v) is 10.8. The van der Waals surface area contributed by atoms with E-state index in [2.05, 4.69) is 38.1 Å². The van der Waals surface area contributed by atoms with Crippen LogP contribution in [0.15, 0.2) is 40.3 Å². The minimum absolute atomic E-state index is 0.748. The first-order valence-electron chi connectivity index (χ1n) is 7.79. The molecule has 0 atom stereocenters. The van der Waals surface area contributed by atoms with Crippen molar-refractivity contribution in [1.82, 2.24) is 14.9 Å². The van der Waals surface area contributed by atoms with Crippen molar-refractivity contribution in [1.29, 1.82) is 0 Å². The zero-order valence-corrected chi connectivity index (χ0v) is 17.8. The summed E-state index contributed by atoms with van der Waals surface area (Å²) in [6, 6.07) is 10.4. The van der Waals surface area contributed by atoms with Crippen LogP contribution >= 0.6 is 47.1 Å². The molecule has 0 aliphatic heterocycles. The van der Waals surface area contributed by atoms with Crippen molar-refractivity contribution in [2.45, 2.75) is 29.5 Å². The molecule has 0 radical (unpaired) electrons. The van der Waals surface area contributed by atoms with Gasteiger partial charge < -0.3 is 4.90 Å². The normalized spacial score (nSPS) is 11.0. The van der Waals surface area contributed by atoms with E-state index in [1.54, 1.807) is 34.9 Å². The van der Waals surface area contributed by atoms with Gasteiger partial charge in [0.2, 0.25) is 0 Å². The number of thioether (sulfide) groups is 2. The van der Waals surface area contributed by atoms with E-state index < -0.39 is 0 Å². The fourth-order valence-corrected chi connectivity index (χ4v) is 5.21. The van der Waals surface area contributed by atoms with Crippen molar-refractivity contribution >= 4 is 61.6 Å². The topological polar surface area (TPSA) is 29.0 Å². The van der Waals surface area contributed by atoms with Crippen LogP contribution in [-0.4, -0.2) is 33.3 Å². The molecular formula is C18H19N3S4. The highest BCUT2D eigenvalue weighted by molar-refractivity contribution is 8.23. The number of rotatable bonds is 4. The molecule has 0 N–H and O–H groups in total. The zero-order valence-electron chi connectivity index (χ0n) is 14.6. The molecule has 0 spiro atoms. The molecule has 0 bridgehead atoms. The SMILES string of the molecule is Cc1sc2nc(CSc3ccccc3)nc(SC(=S)N(C)C)c2c1C. The van der Waals surface area contributed by atoms with E-state index in [1.165, 1.54) is 15.3 Å². The van der Waals surface area contributed by atoms with E-state index in [-0.39, 0.29) is 0 Å². The van der Waals surface area contributed by atoms with Crippen LogP contribution in [0.25, 0.3) is 10.2 Å². The van der Waals surface area contributed by atoms with Gasteiger partial charge in [0.25, 0.3) is 0 Å². The summed E-state index contributed by atoms with van der Waals surface area (Å²) in [5.74, 6) is 1.60. The Balaban J connectivity index is 1.95. The Morgan fingerprint density at radius 1 is 1.16 bits per heavy atom. The Morgan fingerprint density at radius 2 is 1.88 bits per heavy atom. The summed E-state index contributed by atoms with van der Waals surface area (Å²) in [5, 5.41) is 2.11. The van der Waals surface area contributed by atoms with Crippen LogP contribution in [0, 0.1) is 13.8 Å². The van der Waals surface area contributed by atoms with Gasteiger partial charge in [-0.3, -0.25) is 0 Å². The molecule has 3 aromatic rings. The predicted octanol–water partition coefficient (Wildman–Crippen LogP) is 5.54. The molecule has 0 unspecified atom stereocenters. The van der Waals surface area contributed by atoms with E-state index in [0.29, 0.717) is 0 Å². The van der Waals surface area contributed by atoms with Crippen LogP contribution in [0.2, 0.25) is 0 Å². The van der Waals surface area contributed by atoms with E-state index in [1.807, 2.05) is 25.1 Å². The summed E-state index contributed by atoms with van der Waals surface area (Å²) in [7, 11) is 3.93. The highest BCUT2D eigenvalue weighted by atomic mass is 32.2. The fourth-order valence-electron chi connectivity index (χ4n) is 2.23. The monoisotopic (exact) mass is 405 g/mol. The molecule has 130 valence electrons. The number of hydrogen-bond donors (Lipinski definition) is 0. The standard InChI is InChI=1S/C18H19N3S4/c1-11-12(2)24-16-15(11)17(25-18(22)21(3)4)20-14(19-16)10-23-13-8-6-5-7-9-13/h5-9H,10H2,1-4H3. The largest absolute Gasteiger partial charge is 0.363 e. The van der Waals surface area contributed by atoms with Crippen molar-refractivity contribution < 1.29 is 0 Å². The van der Waals surface area contributed by atoms with E-state index in [0.717, 1.165) is 31.1 Å². The Bertz CT molecular complexity index is 904. The first-order chi connectivity index (χ1) is 12.0. The summed E-state index contributed by atoms with van der Waals surface area (Å²) in [6.07, 6.45) is 0. The maximum atomic E-state index is 5.48. The number of aromatic nitrogens is 2. The van der Waals surface area contributed by atoms with Gasteiger partial charge in [-0.15, -0.1) is 23.1 Å². The molecule has 1 aromatic carbocycles. The van der Waals surface area contributed by atoms with Crippen LogP contribution < -0.4 is 0 Å². The number of benzene rings is 1. The first kappa shape index (κ1) is 18.6. The summed E-state index contributed by atoms with van der Waals surface area (Å²) < 4.78 is 0.810. The highest BCUT2D eigenvalue weighted by Crippen LogP contribution is 2.36. The maximum Gasteiger partial charge on any atom is 0.142 e. The van der Waals surface area contributed by atoms with Crippen LogP contribution in [-0.2, 0) is 5.75 Å². The quantitative estimate of drug-likeness (QED) is 0.322. The molecule has 3 nitrogen and oxygen atoms in total. The lowest BCUT2D eigenvalue weighted by atomic mass is 10.2. The van der Waals surface area contributed by atoms with Crippen LogP contribution in [0.5, 0.6) is 0 Å². The van der Waals surface area contributed by atoms with Gasteiger partial charge in [-0.1, -0.05) is 30.4 Å². The average molecular weight is 406 g/mol. The molecule has 0 aliphatic rings. The van der Waals surface area contributed by atoms with Gasteiger partial charge in [-0.25, -0.2) is 9.97 Å². The molecule has 0 saturated heterocycles. The maximum absolute atomic E-state index is 5.48. The van der Waals surface area contributed by atoms with Crippen LogP contribution in [0.3, 0.4) is 0 Å². The van der Waals surface area contributed by atoms with Gasteiger partial charge in [0.15, 0.2) is 0 Å². The van der Waals surface area contributed by atoms with Gasteiger partial charge in [0.1, 0.15) is 20.0 Å². The van der Waals surface area contributed by atoms with E-state index in [9.17, 15) is 0 Å².